The highest BCUT2D eigenvalue weighted by atomic mass is 32.2. The van der Waals surface area contributed by atoms with Crippen LogP contribution in [0.25, 0.3) is 6.08 Å². The fraction of sp³-hybridized carbons (Fsp3) is 0.296. The van der Waals surface area contributed by atoms with Gasteiger partial charge in [0.05, 0.1) is 10.6 Å². The zero-order chi connectivity index (χ0) is 25.3. The summed E-state index contributed by atoms with van der Waals surface area (Å²) < 4.78 is 27.2. The number of thiophene rings is 2. The van der Waals surface area contributed by atoms with Gasteiger partial charge in [-0.1, -0.05) is 26.0 Å². The van der Waals surface area contributed by atoms with Crippen molar-refractivity contribution < 1.29 is 13.2 Å². The van der Waals surface area contributed by atoms with Gasteiger partial charge in [-0.2, -0.15) is 4.31 Å². The van der Waals surface area contributed by atoms with Crippen LogP contribution in [0.15, 0.2) is 81.0 Å². The molecule has 3 aromatic rings. The molecule has 5 rings (SSSR count). The Morgan fingerprint density at radius 2 is 1.78 bits per heavy atom. The number of hydrazine groups is 1. The van der Waals surface area contributed by atoms with Crippen LogP contribution in [-0.4, -0.2) is 36.7 Å². The molecule has 0 fully saturated rings. The zero-order valence-electron chi connectivity index (χ0n) is 20.3. The minimum Gasteiger partial charge on any atom is -0.295 e. The Kier molecular flexibility index (Phi) is 7.16. The molecule has 1 N–H and O–H groups in total. The van der Waals surface area contributed by atoms with E-state index in [1.807, 2.05) is 31.4 Å². The van der Waals surface area contributed by atoms with Crippen LogP contribution in [0.3, 0.4) is 0 Å². The van der Waals surface area contributed by atoms with E-state index in [2.05, 4.69) is 29.0 Å². The first-order valence-electron chi connectivity index (χ1n) is 12.1. The van der Waals surface area contributed by atoms with Crippen molar-refractivity contribution in [3.63, 3.8) is 0 Å². The minimum atomic E-state index is -3.58. The number of carbonyl (C=O) groups is 1. The fourth-order valence-electron chi connectivity index (χ4n) is 4.91. The fourth-order valence-corrected chi connectivity index (χ4v) is 7.90. The maximum Gasteiger partial charge on any atom is 0.273 e. The third-order valence-corrected chi connectivity index (χ3v) is 10.5. The third kappa shape index (κ3) is 4.56. The van der Waals surface area contributed by atoms with Crippen LogP contribution in [-0.2, 0) is 10.0 Å². The quantitative estimate of drug-likeness (QED) is 0.396. The van der Waals surface area contributed by atoms with Gasteiger partial charge in [-0.25, -0.2) is 13.4 Å². The maximum absolute atomic E-state index is 13.8. The summed E-state index contributed by atoms with van der Waals surface area (Å²) in [6, 6.07) is 14.4. The van der Waals surface area contributed by atoms with Crippen LogP contribution in [0.5, 0.6) is 0 Å². The van der Waals surface area contributed by atoms with Crippen molar-refractivity contribution >= 4 is 44.7 Å². The van der Waals surface area contributed by atoms with E-state index in [-0.39, 0.29) is 16.8 Å². The van der Waals surface area contributed by atoms with Crippen molar-refractivity contribution in [3.8, 4) is 0 Å². The lowest BCUT2D eigenvalue weighted by molar-refractivity contribution is 0.0659. The molecule has 9 heteroatoms. The van der Waals surface area contributed by atoms with Crippen LogP contribution < -0.4 is 5.43 Å². The summed E-state index contributed by atoms with van der Waals surface area (Å²) in [5.74, 6) is -0.176. The Morgan fingerprint density at radius 1 is 1.06 bits per heavy atom. The maximum atomic E-state index is 13.8. The van der Waals surface area contributed by atoms with E-state index in [9.17, 15) is 13.2 Å². The molecule has 1 aliphatic carbocycles. The normalized spacial score (nSPS) is 19.1. The number of nitrogens with zero attached hydrogens (tertiary/aromatic N) is 2. The first-order valence-corrected chi connectivity index (χ1v) is 15.3. The Bertz CT molecular complexity index is 1390. The Labute approximate surface area is 220 Å². The Morgan fingerprint density at radius 3 is 2.42 bits per heavy atom. The number of allylic oxidation sites excluding steroid dienone is 1. The molecule has 3 heterocycles. The van der Waals surface area contributed by atoms with Crippen molar-refractivity contribution in [2.24, 2.45) is 0 Å². The van der Waals surface area contributed by atoms with Crippen LogP contribution in [0.4, 0.5) is 0 Å². The van der Waals surface area contributed by atoms with Crippen molar-refractivity contribution in [2.45, 2.75) is 44.0 Å². The monoisotopic (exact) mass is 539 g/mol. The van der Waals surface area contributed by atoms with Gasteiger partial charge < -0.3 is 0 Å². The SMILES string of the molecule is CCN(CC)S(=O)(=O)c1ccc(C(=O)N2NC3=C(CCC/C3=C\c3cccs3)[C@H]2c2cccs2)cc1. The third-order valence-electron chi connectivity index (χ3n) is 6.69. The average molecular weight is 540 g/mol. The van der Waals surface area contributed by atoms with Crippen LogP contribution in [0.1, 0.15) is 59.3 Å². The van der Waals surface area contributed by atoms with Gasteiger partial charge in [0.1, 0.15) is 6.04 Å². The Balaban J connectivity index is 1.47. The van der Waals surface area contributed by atoms with E-state index in [1.54, 1.807) is 39.8 Å². The predicted octanol–water partition coefficient (Wildman–Crippen LogP) is 6.06. The molecule has 0 unspecified atom stereocenters. The van der Waals surface area contributed by atoms with E-state index in [4.69, 9.17) is 0 Å². The standard InChI is InChI=1S/C27H29N3O3S3/c1-3-29(4-2)36(32,33)22-14-12-19(13-15-22)27(31)30-26(24-11-7-17-35-24)23-10-5-8-20(25(23)28-30)18-21-9-6-16-34-21/h6-7,9,11-18,26,28H,3-5,8,10H2,1-2H3/b20-18+/t26-/m0/s1. The molecule has 188 valence electrons. The largest absolute Gasteiger partial charge is 0.295 e. The second kappa shape index (κ2) is 10.3. The van der Waals surface area contributed by atoms with Crippen molar-refractivity contribution in [1.29, 1.82) is 0 Å². The molecule has 6 nitrogen and oxygen atoms in total. The molecule has 0 saturated heterocycles. The predicted molar refractivity (Wildman–Crippen MR) is 146 cm³/mol. The molecule has 2 aromatic heterocycles. The highest BCUT2D eigenvalue weighted by Gasteiger charge is 2.40. The van der Waals surface area contributed by atoms with E-state index in [0.29, 0.717) is 18.7 Å². The van der Waals surface area contributed by atoms with Crippen molar-refractivity contribution in [1.82, 2.24) is 14.7 Å². The van der Waals surface area contributed by atoms with Crippen molar-refractivity contribution in [2.75, 3.05) is 13.1 Å². The molecule has 0 spiro atoms. The summed E-state index contributed by atoms with van der Waals surface area (Å²) in [7, 11) is -3.58. The summed E-state index contributed by atoms with van der Waals surface area (Å²) in [4.78, 5) is 16.3. The molecular formula is C27H29N3O3S3. The van der Waals surface area contributed by atoms with Crippen LogP contribution >= 0.6 is 22.7 Å². The topological polar surface area (TPSA) is 69.7 Å². The number of hydrogen-bond donors (Lipinski definition) is 1. The summed E-state index contributed by atoms with van der Waals surface area (Å²) in [6.45, 7) is 4.44. The smallest absolute Gasteiger partial charge is 0.273 e. The lowest BCUT2D eigenvalue weighted by atomic mass is 9.88. The van der Waals surface area contributed by atoms with Gasteiger partial charge in [0.25, 0.3) is 5.91 Å². The number of benzene rings is 1. The minimum absolute atomic E-state index is 0.176. The Hall–Kier alpha value is -2.72. The van der Waals surface area contributed by atoms with Gasteiger partial charge in [0.15, 0.2) is 0 Å². The van der Waals surface area contributed by atoms with Gasteiger partial charge in [0, 0.05) is 28.4 Å². The number of sulfonamides is 1. The highest BCUT2D eigenvalue weighted by molar-refractivity contribution is 7.89. The van der Waals surface area contributed by atoms with Gasteiger partial charge >= 0.3 is 0 Å². The molecule has 2 aliphatic rings. The van der Waals surface area contributed by atoms with E-state index < -0.39 is 10.0 Å². The average Bonchev–Trinajstić information content (AvgIpc) is 3.65. The van der Waals surface area contributed by atoms with E-state index >= 15 is 0 Å². The second-order valence-corrected chi connectivity index (χ2v) is 12.7. The van der Waals surface area contributed by atoms with E-state index in [0.717, 1.165) is 29.8 Å². The van der Waals surface area contributed by atoms with Gasteiger partial charge in [-0.15, -0.1) is 22.7 Å². The molecule has 0 saturated carbocycles. The summed E-state index contributed by atoms with van der Waals surface area (Å²) in [5.41, 5.74) is 7.40. The number of hydrogen-bond acceptors (Lipinski definition) is 6. The lowest BCUT2D eigenvalue weighted by Crippen LogP contribution is -2.40. The summed E-state index contributed by atoms with van der Waals surface area (Å²) >= 11 is 3.35. The van der Waals surface area contributed by atoms with Gasteiger partial charge in [-0.3, -0.25) is 10.2 Å². The molecule has 1 amide bonds. The second-order valence-electron chi connectivity index (χ2n) is 8.76. The molecule has 0 radical (unpaired) electrons. The molecule has 1 aliphatic heterocycles. The van der Waals surface area contributed by atoms with Crippen molar-refractivity contribution in [3.05, 3.63) is 91.5 Å². The lowest BCUT2D eigenvalue weighted by Gasteiger charge is -2.26. The molecule has 0 bridgehead atoms. The van der Waals surface area contributed by atoms with Crippen LogP contribution in [0, 0.1) is 0 Å². The molecule has 36 heavy (non-hydrogen) atoms. The number of amides is 1. The number of nitrogens with one attached hydrogen (secondary N) is 1. The highest BCUT2D eigenvalue weighted by Crippen LogP contribution is 2.45. The van der Waals surface area contributed by atoms with Crippen LogP contribution in [0.2, 0.25) is 0 Å². The molecular weight excluding hydrogens is 511 g/mol. The first-order chi connectivity index (χ1) is 17.4. The van der Waals surface area contributed by atoms with Gasteiger partial charge in [0.2, 0.25) is 10.0 Å². The summed E-state index contributed by atoms with van der Waals surface area (Å²) in [5, 5.41) is 5.83. The molecule has 1 atom stereocenters. The molecule has 1 aromatic carbocycles. The zero-order valence-corrected chi connectivity index (χ0v) is 22.8. The number of rotatable bonds is 7. The first kappa shape index (κ1) is 25.0. The van der Waals surface area contributed by atoms with E-state index in [1.165, 1.54) is 32.5 Å². The van der Waals surface area contributed by atoms with Gasteiger partial charge in [-0.05, 0) is 83.6 Å². The number of carbonyl (C=O) groups excluding carboxylic acids is 1. The summed E-state index contributed by atoms with van der Waals surface area (Å²) in [6.07, 6.45) is 5.15.